The van der Waals surface area contributed by atoms with Crippen LogP contribution in [0.15, 0.2) is 0 Å². The number of nitrogens with two attached hydrogens (primary N) is 1. The molecule has 0 bridgehead atoms. The van der Waals surface area contributed by atoms with E-state index in [4.69, 9.17) is 5.73 Å². The highest BCUT2D eigenvalue weighted by atomic mass is 16.4. The van der Waals surface area contributed by atoms with E-state index in [1.165, 1.54) is 20.8 Å². The van der Waals surface area contributed by atoms with Crippen molar-refractivity contribution in [3.05, 3.63) is 0 Å². The van der Waals surface area contributed by atoms with Crippen LogP contribution in [-0.2, 0) is 47.9 Å². The summed E-state index contributed by atoms with van der Waals surface area (Å²) in [6.45, 7) is 13.1. The molecule has 0 unspecified atom stereocenters. The quantitative estimate of drug-likeness (QED) is 0.0347. The zero-order valence-corrected chi connectivity index (χ0v) is 41.0. The Morgan fingerprint density at radius 2 is 0.855 bits per heavy atom. The van der Waals surface area contributed by atoms with Gasteiger partial charge in [-0.3, -0.25) is 43.2 Å². The van der Waals surface area contributed by atoms with Crippen molar-refractivity contribution >= 4 is 59.1 Å². The van der Waals surface area contributed by atoms with Gasteiger partial charge in [0.1, 0.15) is 54.4 Å². The lowest BCUT2D eigenvalue weighted by Crippen LogP contribution is -2.64. The average molecular weight is 989 g/mol. The fraction of sp³-hybridized carbons (Fsp3) is 0.767. The van der Waals surface area contributed by atoms with Crippen LogP contribution in [0.1, 0.15) is 94.9 Å². The number of carbonyl (C=O) groups is 10. The van der Waals surface area contributed by atoms with Gasteiger partial charge in [-0.1, -0.05) is 41.5 Å². The molecule has 0 aromatic rings. The number of nitrogens with zero attached hydrogens (tertiary/aromatic N) is 1. The third-order valence-electron chi connectivity index (χ3n) is 11.0. The van der Waals surface area contributed by atoms with E-state index in [1.807, 2.05) is 0 Å². The van der Waals surface area contributed by atoms with Gasteiger partial charge in [0.05, 0.1) is 37.6 Å². The summed E-state index contributed by atoms with van der Waals surface area (Å²) in [6, 6.07) is -14.0. The van der Waals surface area contributed by atoms with Crippen molar-refractivity contribution in [2.24, 2.45) is 23.5 Å². The molecule has 0 aromatic heterocycles. The molecule has 16 N–H and O–H groups in total. The third-order valence-corrected chi connectivity index (χ3v) is 11.0. The summed E-state index contributed by atoms with van der Waals surface area (Å²) in [5, 5.41) is 80.2. The van der Waals surface area contributed by atoms with Crippen molar-refractivity contribution in [2.75, 3.05) is 19.7 Å². The molecule has 13 atom stereocenters. The van der Waals surface area contributed by atoms with E-state index in [9.17, 15) is 78.6 Å². The highest BCUT2D eigenvalue weighted by Gasteiger charge is 2.41. The van der Waals surface area contributed by atoms with Gasteiger partial charge in [-0.05, 0) is 71.1 Å². The maximum absolute atomic E-state index is 13.7. The van der Waals surface area contributed by atoms with E-state index in [2.05, 4.69) is 42.5 Å². The molecule has 394 valence electrons. The van der Waals surface area contributed by atoms with Crippen molar-refractivity contribution in [3.8, 4) is 0 Å². The van der Waals surface area contributed by atoms with Gasteiger partial charge in [-0.2, -0.15) is 0 Å². The standard InChI is InChI=1S/C43H76N10O16/c1-18(2)14-25(45-38(63)31(21(7)55)48-29(59)16-44)35(60)50-34(24(10)58)41(66)49-30(20(5)6)37(62)52-33(23(9)57)40(65)47-27(17-54)36(61)51-32(22(8)56)39(64)46-26(15-19(3)4)42(67)53-13-11-12-28(53)43(68)69/h18-28,30-34,54-58H,11-17,44H2,1-10H3,(H,45,63)(H,46,64)(H,47,65)(H,48,59)(H,49,66)(H,50,60)(H,51,61)(H,52,62)(H,68,69)/t21-,22-,23-,24-,25+,26+,27+,28+,30+,31+,32+,33+,34+/m1/s1. The summed E-state index contributed by atoms with van der Waals surface area (Å²) >= 11 is 0. The van der Waals surface area contributed by atoms with Gasteiger partial charge in [0.2, 0.25) is 53.2 Å². The van der Waals surface area contributed by atoms with E-state index >= 15 is 0 Å². The molecule has 1 aliphatic rings. The lowest BCUT2D eigenvalue weighted by atomic mass is 10.00. The first-order valence-electron chi connectivity index (χ1n) is 23.0. The van der Waals surface area contributed by atoms with Crippen LogP contribution in [-0.4, -0.2) is 193 Å². The van der Waals surface area contributed by atoms with Gasteiger partial charge in [-0.25, -0.2) is 4.79 Å². The molecule has 26 heteroatoms. The van der Waals surface area contributed by atoms with Crippen LogP contribution in [0.4, 0.5) is 0 Å². The maximum Gasteiger partial charge on any atom is 0.326 e. The van der Waals surface area contributed by atoms with Crippen LogP contribution in [0, 0.1) is 17.8 Å². The zero-order valence-electron chi connectivity index (χ0n) is 41.0. The number of amides is 9. The SMILES string of the molecule is CC(C)C[C@H](NC(=O)[C@@H](NC(=O)CN)[C@@H](C)O)C(=O)N[C@H](C(=O)N[C@H](C(=O)N[C@H](C(=O)N[C@@H](CO)C(=O)N[C@H](C(=O)N[C@@H](CC(C)C)C(=O)N1CCC[C@H]1C(=O)O)[C@@H](C)O)[C@@H](C)O)C(C)C)[C@@H](C)O. The molecule has 1 rings (SSSR count). The van der Waals surface area contributed by atoms with Gasteiger partial charge in [0.15, 0.2) is 0 Å². The van der Waals surface area contributed by atoms with E-state index in [0.29, 0.717) is 6.42 Å². The Morgan fingerprint density at radius 3 is 1.25 bits per heavy atom. The smallest absolute Gasteiger partial charge is 0.326 e. The number of nitrogens with one attached hydrogen (secondary N) is 8. The van der Waals surface area contributed by atoms with Gasteiger partial charge < -0.3 is 83.8 Å². The van der Waals surface area contributed by atoms with Crippen molar-refractivity contribution < 1.29 is 78.6 Å². The van der Waals surface area contributed by atoms with E-state index in [0.717, 1.165) is 25.7 Å². The van der Waals surface area contributed by atoms with Crippen LogP contribution in [0.5, 0.6) is 0 Å². The Labute approximate surface area is 401 Å². The van der Waals surface area contributed by atoms with Crippen LogP contribution < -0.4 is 48.3 Å². The molecule has 0 aromatic carbocycles. The Hall–Kier alpha value is -5.54. The second kappa shape index (κ2) is 28.8. The fourth-order valence-corrected chi connectivity index (χ4v) is 7.24. The Bertz CT molecular complexity index is 1800. The second-order valence-electron chi connectivity index (χ2n) is 18.6. The number of hydrogen-bond donors (Lipinski definition) is 15. The number of carboxylic acids is 1. The van der Waals surface area contributed by atoms with E-state index < -0.39 is 157 Å². The van der Waals surface area contributed by atoms with Crippen LogP contribution in [0.3, 0.4) is 0 Å². The number of likely N-dealkylation sites (tertiary alicyclic amines) is 1. The van der Waals surface area contributed by atoms with E-state index in [1.54, 1.807) is 27.7 Å². The lowest BCUT2D eigenvalue weighted by Gasteiger charge is -2.31. The molecule has 0 radical (unpaired) electrons. The predicted octanol–water partition coefficient (Wildman–Crippen LogP) is -5.84. The number of carbonyl (C=O) groups excluding carboxylic acids is 9. The molecule has 0 spiro atoms. The Morgan fingerprint density at radius 1 is 0.507 bits per heavy atom. The normalized spacial score (nSPS) is 18.9. The highest BCUT2D eigenvalue weighted by molar-refractivity contribution is 5.99. The minimum absolute atomic E-state index is 0.00391. The number of aliphatic hydroxyl groups is 5. The third kappa shape index (κ3) is 19.4. The predicted molar refractivity (Wildman–Crippen MR) is 244 cm³/mol. The fourth-order valence-electron chi connectivity index (χ4n) is 7.24. The van der Waals surface area contributed by atoms with Gasteiger partial charge in [0, 0.05) is 6.54 Å². The number of aliphatic carboxylic acids is 1. The molecule has 26 nitrogen and oxygen atoms in total. The molecule has 1 fully saturated rings. The first-order valence-corrected chi connectivity index (χ1v) is 23.0. The monoisotopic (exact) mass is 989 g/mol. The molecule has 0 aliphatic carbocycles. The molecule has 69 heavy (non-hydrogen) atoms. The summed E-state index contributed by atoms with van der Waals surface area (Å²) in [6.07, 6.45) is -5.60. The highest BCUT2D eigenvalue weighted by Crippen LogP contribution is 2.21. The summed E-state index contributed by atoms with van der Waals surface area (Å²) in [4.78, 5) is 133. The average Bonchev–Trinajstić information content (AvgIpc) is 3.75. The number of hydrogen-bond acceptors (Lipinski definition) is 16. The van der Waals surface area contributed by atoms with Crippen molar-refractivity contribution in [2.45, 2.75) is 174 Å². The first-order chi connectivity index (χ1) is 32.0. The first kappa shape index (κ1) is 61.5. The Kier molecular flexibility index (Phi) is 25.7. The Balaban J connectivity index is 3.23. The van der Waals surface area contributed by atoms with Crippen molar-refractivity contribution in [1.29, 1.82) is 0 Å². The maximum atomic E-state index is 13.7. The largest absolute Gasteiger partial charge is 0.480 e. The molecule has 0 saturated carbocycles. The minimum Gasteiger partial charge on any atom is -0.480 e. The topological polar surface area (TPSA) is 418 Å². The summed E-state index contributed by atoms with van der Waals surface area (Å²) in [7, 11) is 0. The second-order valence-corrected chi connectivity index (χ2v) is 18.6. The molecule has 9 amide bonds. The van der Waals surface area contributed by atoms with Crippen molar-refractivity contribution in [3.63, 3.8) is 0 Å². The van der Waals surface area contributed by atoms with E-state index in [-0.39, 0.29) is 37.6 Å². The zero-order chi connectivity index (χ0) is 53.2. The summed E-state index contributed by atoms with van der Waals surface area (Å²) in [5.41, 5.74) is 5.31. The van der Waals surface area contributed by atoms with Crippen molar-refractivity contribution in [1.82, 2.24) is 47.4 Å². The van der Waals surface area contributed by atoms with Crippen LogP contribution >= 0.6 is 0 Å². The number of aliphatic hydroxyl groups excluding tert-OH is 5. The molecular formula is C43H76N10O16. The molecular weight excluding hydrogens is 913 g/mol. The lowest BCUT2D eigenvalue weighted by molar-refractivity contribution is -0.149. The molecule has 1 heterocycles. The number of rotatable bonds is 28. The summed E-state index contributed by atoms with van der Waals surface area (Å²) < 4.78 is 0. The molecule has 1 aliphatic heterocycles. The van der Waals surface area contributed by atoms with Gasteiger partial charge in [-0.15, -0.1) is 0 Å². The van der Waals surface area contributed by atoms with Gasteiger partial charge >= 0.3 is 5.97 Å². The molecule has 1 saturated heterocycles. The van der Waals surface area contributed by atoms with Crippen LogP contribution in [0.25, 0.3) is 0 Å². The van der Waals surface area contributed by atoms with Gasteiger partial charge in [0.25, 0.3) is 0 Å². The van der Waals surface area contributed by atoms with Crippen LogP contribution in [0.2, 0.25) is 0 Å². The summed E-state index contributed by atoms with van der Waals surface area (Å²) in [5.74, 6) is -11.3. The number of carboxylic acid groups (broad SMARTS) is 1. The minimum atomic E-state index is -1.86.